The summed E-state index contributed by atoms with van der Waals surface area (Å²) < 4.78 is 5.85. The number of fused-ring (bicyclic) bond motifs is 2. The molecule has 0 aromatic rings. The van der Waals surface area contributed by atoms with E-state index in [1.165, 1.54) is 32.2 Å². The van der Waals surface area contributed by atoms with Gasteiger partial charge in [0.2, 0.25) is 0 Å². The molecule has 4 rings (SSSR count). The van der Waals surface area contributed by atoms with Crippen molar-refractivity contribution in [3.63, 3.8) is 0 Å². The molecule has 2 N–H and O–H groups in total. The molecule has 0 spiro atoms. The standard InChI is InChI=1S/C19H35N3O/c1-13(2)17-9-15(18-12-23-7-6-22(17)18)8-14(3)19-4-5-21(19)11-16(20)10-19/h13-18H,4-12,20H2,1-3H3. The molecule has 4 saturated heterocycles. The summed E-state index contributed by atoms with van der Waals surface area (Å²) >= 11 is 0. The summed E-state index contributed by atoms with van der Waals surface area (Å²) in [5.41, 5.74) is 6.72. The Bertz CT molecular complexity index is 442. The Morgan fingerprint density at radius 3 is 2.74 bits per heavy atom. The molecule has 0 aliphatic carbocycles. The minimum Gasteiger partial charge on any atom is -0.378 e. The summed E-state index contributed by atoms with van der Waals surface area (Å²) in [6, 6.07) is 1.84. The van der Waals surface area contributed by atoms with E-state index in [4.69, 9.17) is 10.5 Å². The van der Waals surface area contributed by atoms with Crippen molar-refractivity contribution in [2.75, 3.05) is 32.8 Å². The number of morpholine rings is 1. The van der Waals surface area contributed by atoms with E-state index in [0.717, 1.165) is 50.1 Å². The van der Waals surface area contributed by atoms with Crippen LogP contribution in [0.5, 0.6) is 0 Å². The van der Waals surface area contributed by atoms with Gasteiger partial charge in [0.05, 0.1) is 13.2 Å². The monoisotopic (exact) mass is 321 g/mol. The minimum atomic E-state index is 0.404. The topological polar surface area (TPSA) is 41.7 Å². The molecule has 0 saturated carbocycles. The Balaban J connectivity index is 1.46. The van der Waals surface area contributed by atoms with Gasteiger partial charge in [0.1, 0.15) is 0 Å². The van der Waals surface area contributed by atoms with Crippen molar-refractivity contribution in [1.29, 1.82) is 0 Å². The molecule has 4 heterocycles. The van der Waals surface area contributed by atoms with Crippen LogP contribution in [-0.2, 0) is 4.74 Å². The van der Waals surface area contributed by atoms with E-state index in [-0.39, 0.29) is 0 Å². The lowest BCUT2D eigenvalue weighted by molar-refractivity contribution is -0.0411. The van der Waals surface area contributed by atoms with Crippen molar-refractivity contribution < 1.29 is 4.74 Å². The van der Waals surface area contributed by atoms with Crippen LogP contribution in [0.4, 0.5) is 0 Å². The van der Waals surface area contributed by atoms with Crippen LogP contribution in [0.25, 0.3) is 0 Å². The quantitative estimate of drug-likeness (QED) is 0.859. The maximum Gasteiger partial charge on any atom is 0.0625 e. The Morgan fingerprint density at radius 2 is 2.09 bits per heavy atom. The molecule has 0 aromatic carbocycles. The van der Waals surface area contributed by atoms with Crippen molar-refractivity contribution in [2.24, 2.45) is 23.5 Å². The molecule has 4 fully saturated rings. The number of hydrogen-bond donors (Lipinski definition) is 1. The molecule has 0 radical (unpaired) electrons. The molecular formula is C19H35N3O. The third-order valence-corrected chi connectivity index (χ3v) is 7.58. The lowest BCUT2D eigenvalue weighted by Gasteiger charge is -2.53. The zero-order valence-corrected chi connectivity index (χ0v) is 15.2. The van der Waals surface area contributed by atoms with Gasteiger partial charge in [-0.2, -0.15) is 0 Å². The van der Waals surface area contributed by atoms with Gasteiger partial charge in [-0.1, -0.05) is 20.8 Å². The van der Waals surface area contributed by atoms with Crippen LogP contribution in [0.3, 0.4) is 0 Å². The van der Waals surface area contributed by atoms with E-state index in [1.807, 2.05) is 0 Å². The number of ether oxygens (including phenoxy) is 1. The molecule has 0 aromatic heterocycles. The molecule has 4 aliphatic heterocycles. The second-order valence-electron chi connectivity index (χ2n) is 9.09. The first-order chi connectivity index (χ1) is 11.0. The SMILES string of the molecule is CC(C)C1CC(CC(C)C23CCN2CC(N)C3)C2COCCN12. The summed E-state index contributed by atoms with van der Waals surface area (Å²) in [6.07, 6.45) is 5.32. The van der Waals surface area contributed by atoms with Gasteiger partial charge in [0, 0.05) is 43.3 Å². The first-order valence-corrected chi connectivity index (χ1v) is 9.85. The third-order valence-electron chi connectivity index (χ3n) is 7.58. The first-order valence-electron chi connectivity index (χ1n) is 9.85. The molecule has 132 valence electrons. The van der Waals surface area contributed by atoms with Crippen molar-refractivity contribution in [3.8, 4) is 0 Å². The Hall–Kier alpha value is -0.160. The van der Waals surface area contributed by atoms with Gasteiger partial charge < -0.3 is 10.5 Å². The highest BCUT2D eigenvalue weighted by Crippen LogP contribution is 2.49. The van der Waals surface area contributed by atoms with Gasteiger partial charge in [0.25, 0.3) is 0 Å². The van der Waals surface area contributed by atoms with Gasteiger partial charge in [0.15, 0.2) is 0 Å². The van der Waals surface area contributed by atoms with Gasteiger partial charge in [-0.15, -0.1) is 0 Å². The minimum absolute atomic E-state index is 0.404. The normalized spacial score (nSPS) is 45.8. The van der Waals surface area contributed by atoms with Crippen molar-refractivity contribution >= 4 is 0 Å². The second kappa shape index (κ2) is 5.98. The van der Waals surface area contributed by atoms with E-state index in [0.29, 0.717) is 17.6 Å². The fraction of sp³-hybridized carbons (Fsp3) is 1.00. The van der Waals surface area contributed by atoms with E-state index in [1.54, 1.807) is 0 Å². The molecular weight excluding hydrogens is 286 g/mol. The average Bonchev–Trinajstić information content (AvgIpc) is 2.98. The van der Waals surface area contributed by atoms with Crippen LogP contribution >= 0.6 is 0 Å². The molecule has 4 nitrogen and oxygen atoms in total. The summed E-state index contributed by atoms with van der Waals surface area (Å²) in [5.74, 6) is 2.34. The van der Waals surface area contributed by atoms with Crippen molar-refractivity contribution in [1.82, 2.24) is 9.80 Å². The van der Waals surface area contributed by atoms with E-state index >= 15 is 0 Å². The van der Waals surface area contributed by atoms with Crippen LogP contribution in [0, 0.1) is 17.8 Å². The van der Waals surface area contributed by atoms with Gasteiger partial charge in [-0.25, -0.2) is 0 Å². The number of nitrogens with zero attached hydrogens (tertiary/aromatic N) is 2. The summed E-state index contributed by atoms with van der Waals surface area (Å²) in [5, 5.41) is 0. The Labute approximate surface area is 141 Å². The number of hydrogen-bond acceptors (Lipinski definition) is 4. The lowest BCUT2D eigenvalue weighted by Crippen LogP contribution is -2.59. The summed E-state index contributed by atoms with van der Waals surface area (Å²) in [6.45, 7) is 12.7. The van der Waals surface area contributed by atoms with Crippen LogP contribution in [-0.4, -0.2) is 66.3 Å². The summed E-state index contributed by atoms with van der Waals surface area (Å²) in [4.78, 5) is 5.47. The molecule has 23 heavy (non-hydrogen) atoms. The van der Waals surface area contributed by atoms with Crippen LogP contribution in [0.1, 0.15) is 46.5 Å². The third kappa shape index (κ3) is 2.57. The maximum atomic E-state index is 6.28. The van der Waals surface area contributed by atoms with E-state index in [9.17, 15) is 0 Å². The number of rotatable bonds is 4. The van der Waals surface area contributed by atoms with E-state index < -0.39 is 0 Å². The Kier molecular flexibility index (Phi) is 4.24. The van der Waals surface area contributed by atoms with Crippen LogP contribution in [0.2, 0.25) is 0 Å². The highest BCUT2D eigenvalue weighted by molar-refractivity contribution is 5.11. The smallest absolute Gasteiger partial charge is 0.0625 e. The van der Waals surface area contributed by atoms with Crippen LogP contribution < -0.4 is 5.73 Å². The predicted molar refractivity (Wildman–Crippen MR) is 93.3 cm³/mol. The first kappa shape index (κ1) is 16.3. The zero-order valence-electron chi connectivity index (χ0n) is 15.2. The highest BCUT2D eigenvalue weighted by Gasteiger charge is 2.55. The zero-order chi connectivity index (χ0) is 16.2. The molecule has 0 bridgehead atoms. The molecule has 4 aliphatic rings. The highest BCUT2D eigenvalue weighted by atomic mass is 16.5. The largest absolute Gasteiger partial charge is 0.378 e. The van der Waals surface area contributed by atoms with Gasteiger partial charge in [-0.3, -0.25) is 9.80 Å². The van der Waals surface area contributed by atoms with Gasteiger partial charge >= 0.3 is 0 Å². The fourth-order valence-electron chi connectivity index (χ4n) is 6.26. The molecule has 4 heteroatoms. The lowest BCUT2D eigenvalue weighted by atomic mass is 9.70. The fourth-order valence-corrected chi connectivity index (χ4v) is 6.26. The van der Waals surface area contributed by atoms with E-state index in [2.05, 4.69) is 30.6 Å². The summed E-state index contributed by atoms with van der Waals surface area (Å²) in [7, 11) is 0. The van der Waals surface area contributed by atoms with Crippen LogP contribution in [0.15, 0.2) is 0 Å². The molecule has 0 amide bonds. The average molecular weight is 322 g/mol. The Morgan fingerprint density at radius 1 is 1.26 bits per heavy atom. The maximum absolute atomic E-state index is 6.28. The van der Waals surface area contributed by atoms with Crippen molar-refractivity contribution in [2.45, 2.75) is 70.1 Å². The number of nitrogens with two attached hydrogens (primary N) is 1. The predicted octanol–water partition coefficient (Wildman–Crippen LogP) is 1.93. The van der Waals surface area contributed by atoms with Gasteiger partial charge in [-0.05, 0) is 43.4 Å². The molecule has 6 atom stereocenters. The second-order valence-corrected chi connectivity index (χ2v) is 9.09. The molecule has 6 unspecified atom stereocenters. The van der Waals surface area contributed by atoms with Crippen molar-refractivity contribution in [3.05, 3.63) is 0 Å².